The molecule has 1 N–H and O–H groups in total. The van der Waals surface area contributed by atoms with Crippen molar-refractivity contribution in [1.29, 1.82) is 0 Å². The van der Waals surface area contributed by atoms with Gasteiger partial charge in [-0.1, -0.05) is 12.1 Å². The Bertz CT molecular complexity index is 440. The van der Waals surface area contributed by atoms with Crippen molar-refractivity contribution in [2.24, 2.45) is 0 Å². The van der Waals surface area contributed by atoms with Crippen LogP contribution in [0.2, 0.25) is 0 Å². The smallest absolute Gasteiger partial charge is 0.338 e. The molecule has 1 aromatic carbocycles. The summed E-state index contributed by atoms with van der Waals surface area (Å²) in [6.45, 7) is 2.68. The highest BCUT2D eigenvalue weighted by molar-refractivity contribution is 6.07. The molecular weight excluding hydrogens is 206 g/mol. The molecule has 0 saturated heterocycles. The minimum Gasteiger partial charge on any atom is -0.462 e. The molecule has 0 radical (unpaired) electrons. The summed E-state index contributed by atoms with van der Waals surface area (Å²) in [7, 11) is 0. The van der Waals surface area contributed by atoms with E-state index in [1.807, 2.05) is 6.07 Å². The normalized spacial score (nSPS) is 13.9. The van der Waals surface area contributed by atoms with E-state index in [1.54, 1.807) is 19.1 Å². The monoisotopic (exact) mass is 219 g/mol. The van der Waals surface area contributed by atoms with E-state index in [-0.39, 0.29) is 5.91 Å². The van der Waals surface area contributed by atoms with Crippen LogP contribution in [0.1, 0.15) is 33.2 Å². The molecule has 0 spiro atoms. The molecule has 1 heterocycles. The maximum absolute atomic E-state index is 11.7. The fourth-order valence-corrected chi connectivity index (χ4v) is 1.85. The molecule has 0 saturated carbocycles. The van der Waals surface area contributed by atoms with Gasteiger partial charge in [0.25, 0.3) is 5.91 Å². The average molecular weight is 219 g/mol. The number of nitrogens with one attached hydrogen (secondary N) is 1. The summed E-state index contributed by atoms with van der Waals surface area (Å²) >= 11 is 0. The van der Waals surface area contributed by atoms with Crippen LogP contribution >= 0.6 is 0 Å². The molecular formula is C12H13NO3. The number of hydrogen-bond acceptors (Lipinski definition) is 3. The van der Waals surface area contributed by atoms with E-state index < -0.39 is 5.97 Å². The van der Waals surface area contributed by atoms with E-state index in [9.17, 15) is 9.59 Å². The standard InChI is InChI=1S/C12H13NO3/c1-2-16-12(15)9-5-3-4-8-6-7-13-11(14)10(8)9/h3-5H,2,6-7H2,1H3,(H,13,14). The highest BCUT2D eigenvalue weighted by Gasteiger charge is 2.23. The first-order valence-corrected chi connectivity index (χ1v) is 5.31. The zero-order chi connectivity index (χ0) is 11.5. The van der Waals surface area contributed by atoms with Crippen molar-refractivity contribution < 1.29 is 14.3 Å². The predicted molar refractivity (Wildman–Crippen MR) is 58.4 cm³/mol. The van der Waals surface area contributed by atoms with Crippen LogP contribution in [0.25, 0.3) is 0 Å². The SMILES string of the molecule is CCOC(=O)c1cccc2c1C(=O)NCC2. The third-order valence-electron chi connectivity index (χ3n) is 2.55. The molecule has 1 aromatic rings. The average Bonchev–Trinajstić information content (AvgIpc) is 2.29. The largest absolute Gasteiger partial charge is 0.462 e. The van der Waals surface area contributed by atoms with Gasteiger partial charge in [-0.2, -0.15) is 0 Å². The number of fused-ring (bicyclic) bond motifs is 1. The van der Waals surface area contributed by atoms with Gasteiger partial charge in [-0.15, -0.1) is 0 Å². The molecule has 1 aliphatic heterocycles. The van der Waals surface area contributed by atoms with Gasteiger partial charge in [0.1, 0.15) is 0 Å². The fraction of sp³-hybridized carbons (Fsp3) is 0.333. The van der Waals surface area contributed by atoms with Crippen molar-refractivity contribution in [3.05, 3.63) is 34.9 Å². The molecule has 4 heteroatoms. The van der Waals surface area contributed by atoms with E-state index in [0.29, 0.717) is 24.3 Å². The van der Waals surface area contributed by atoms with E-state index in [4.69, 9.17) is 4.74 Å². The number of amides is 1. The first kappa shape index (κ1) is 10.7. The summed E-state index contributed by atoms with van der Waals surface area (Å²) in [5, 5.41) is 2.73. The van der Waals surface area contributed by atoms with Gasteiger partial charge in [-0.3, -0.25) is 4.79 Å². The Balaban J connectivity index is 2.46. The second-order valence-electron chi connectivity index (χ2n) is 3.57. The maximum atomic E-state index is 11.7. The van der Waals surface area contributed by atoms with Crippen LogP contribution in [0, 0.1) is 0 Å². The molecule has 2 rings (SSSR count). The van der Waals surface area contributed by atoms with Crippen molar-refractivity contribution in [3.8, 4) is 0 Å². The Kier molecular flexibility index (Phi) is 2.90. The number of rotatable bonds is 2. The Morgan fingerprint density at radius 1 is 1.50 bits per heavy atom. The maximum Gasteiger partial charge on any atom is 0.338 e. The van der Waals surface area contributed by atoms with E-state index in [1.165, 1.54) is 0 Å². The molecule has 16 heavy (non-hydrogen) atoms. The van der Waals surface area contributed by atoms with Gasteiger partial charge in [0.05, 0.1) is 17.7 Å². The molecule has 1 amide bonds. The third-order valence-corrected chi connectivity index (χ3v) is 2.55. The molecule has 0 aliphatic carbocycles. The van der Waals surface area contributed by atoms with Crippen LogP contribution in [0.4, 0.5) is 0 Å². The van der Waals surface area contributed by atoms with Crippen LogP contribution in [0.15, 0.2) is 18.2 Å². The first-order valence-electron chi connectivity index (χ1n) is 5.31. The Morgan fingerprint density at radius 2 is 2.31 bits per heavy atom. The molecule has 84 valence electrons. The number of benzene rings is 1. The lowest BCUT2D eigenvalue weighted by Gasteiger charge is -2.18. The van der Waals surface area contributed by atoms with Crippen LogP contribution in [-0.4, -0.2) is 25.0 Å². The molecule has 0 bridgehead atoms. The Hall–Kier alpha value is -1.84. The summed E-state index contributed by atoms with van der Waals surface area (Å²) in [5.74, 6) is -0.624. The highest BCUT2D eigenvalue weighted by Crippen LogP contribution is 2.19. The summed E-state index contributed by atoms with van der Waals surface area (Å²) < 4.78 is 4.92. The second-order valence-corrected chi connectivity index (χ2v) is 3.57. The summed E-state index contributed by atoms with van der Waals surface area (Å²) in [4.78, 5) is 23.4. The lowest BCUT2D eigenvalue weighted by molar-refractivity contribution is 0.0522. The minimum absolute atomic E-state index is 0.190. The Morgan fingerprint density at radius 3 is 3.06 bits per heavy atom. The second kappa shape index (κ2) is 4.35. The van der Waals surface area contributed by atoms with Gasteiger partial charge in [-0.05, 0) is 25.0 Å². The fourth-order valence-electron chi connectivity index (χ4n) is 1.85. The van der Waals surface area contributed by atoms with Gasteiger partial charge >= 0.3 is 5.97 Å². The number of ether oxygens (including phenoxy) is 1. The molecule has 0 fully saturated rings. The summed E-state index contributed by atoms with van der Waals surface area (Å²) in [5.41, 5.74) is 1.73. The lowest BCUT2D eigenvalue weighted by atomic mass is 9.95. The lowest BCUT2D eigenvalue weighted by Crippen LogP contribution is -2.33. The van der Waals surface area contributed by atoms with Gasteiger partial charge in [0.15, 0.2) is 0 Å². The molecule has 4 nitrogen and oxygen atoms in total. The third kappa shape index (κ3) is 1.78. The van der Waals surface area contributed by atoms with Crippen LogP contribution < -0.4 is 5.32 Å². The summed E-state index contributed by atoms with van der Waals surface area (Å²) in [6.07, 6.45) is 0.758. The summed E-state index contributed by atoms with van der Waals surface area (Å²) in [6, 6.07) is 5.28. The van der Waals surface area contributed by atoms with E-state index >= 15 is 0 Å². The molecule has 0 atom stereocenters. The van der Waals surface area contributed by atoms with Crippen LogP contribution in [0.5, 0.6) is 0 Å². The molecule has 0 aromatic heterocycles. The minimum atomic E-state index is -0.434. The van der Waals surface area contributed by atoms with Crippen molar-refractivity contribution in [2.45, 2.75) is 13.3 Å². The van der Waals surface area contributed by atoms with Gasteiger partial charge in [0, 0.05) is 6.54 Å². The Labute approximate surface area is 93.6 Å². The number of esters is 1. The molecule has 0 unspecified atom stereocenters. The van der Waals surface area contributed by atoms with Crippen molar-refractivity contribution in [2.75, 3.05) is 13.2 Å². The van der Waals surface area contributed by atoms with Crippen molar-refractivity contribution in [3.63, 3.8) is 0 Å². The van der Waals surface area contributed by atoms with E-state index in [0.717, 1.165) is 12.0 Å². The van der Waals surface area contributed by atoms with Crippen molar-refractivity contribution >= 4 is 11.9 Å². The number of carbonyl (C=O) groups excluding carboxylic acids is 2. The van der Waals surface area contributed by atoms with Crippen molar-refractivity contribution in [1.82, 2.24) is 5.32 Å². The predicted octanol–water partition coefficient (Wildman–Crippen LogP) is 1.15. The quantitative estimate of drug-likeness (QED) is 0.759. The topological polar surface area (TPSA) is 55.4 Å². The first-order chi connectivity index (χ1) is 7.74. The van der Waals surface area contributed by atoms with E-state index in [2.05, 4.69) is 5.32 Å². The highest BCUT2D eigenvalue weighted by atomic mass is 16.5. The van der Waals surface area contributed by atoms with Gasteiger partial charge < -0.3 is 10.1 Å². The zero-order valence-electron chi connectivity index (χ0n) is 9.08. The molecule has 1 aliphatic rings. The van der Waals surface area contributed by atoms with Gasteiger partial charge in [0.2, 0.25) is 0 Å². The van der Waals surface area contributed by atoms with Gasteiger partial charge in [-0.25, -0.2) is 4.79 Å². The van der Waals surface area contributed by atoms with Crippen LogP contribution in [-0.2, 0) is 11.2 Å². The zero-order valence-corrected chi connectivity index (χ0v) is 9.08. The van der Waals surface area contributed by atoms with Crippen LogP contribution in [0.3, 0.4) is 0 Å². The number of carbonyl (C=O) groups is 2. The number of hydrogen-bond donors (Lipinski definition) is 1.